The third-order valence-electron chi connectivity index (χ3n) is 1.53. The van der Waals surface area contributed by atoms with E-state index in [0.717, 1.165) is 5.01 Å². The van der Waals surface area contributed by atoms with Gasteiger partial charge in [0.05, 0.1) is 16.3 Å². The summed E-state index contributed by atoms with van der Waals surface area (Å²) in [4.78, 5) is 14.9. The van der Waals surface area contributed by atoms with Crippen molar-refractivity contribution in [2.24, 2.45) is 0 Å². The highest BCUT2D eigenvalue weighted by Gasteiger charge is 2.11. The lowest BCUT2D eigenvalue weighted by atomic mass is 10.2. The van der Waals surface area contributed by atoms with Crippen LogP contribution in [0.5, 0.6) is 0 Å². The number of aryl methyl sites for hydroxylation is 1. The molecule has 1 aromatic heterocycles. The summed E-state index contributed by atoms with van der Waals surface area (Å²) >= 11 is 1.46. The third-order valence-corrected chi connectivity index (χ3v) is 2.31. The summed E-state index contributed by atoms with van der Waals surface area (Å²) in [7, 11) is 0. The Morgan fingerprint density at radius 2 is 2.46 bits per heavy atom. The van der Waals surface area contributed by atoms with E-state index in [1.807, 2.05) is 13.8 Å². The summed E-state index contributed by atoms with van der Waals surface area (Å²) in [5.41, 5.74) is 0.865. The van der Waals surface area contributed by atoms with Gasteiger partial charge in [-0.2, -0.15) is 0 Å². The fourth-order valence-electron chi connectivity index (χ4n) is 0.993. The number of rotatable bonds is 3. The van der Waals surface area contributed by atoms with Crippen molar-refractivity contribution < 1.29 is 9.90 Å². The molecule has 0 aliphatic rings. The first kappa shape index (κ1) is 9.92. The van der Waals surface area contributed by atoms with Gasteiger partial charge in [0.15, 0.2) is 0 Å². The van der Waals surface area contributed by atoms with Crippen molar-refractivity contribution in [3.8, 4) is 0 Å². The fourth-order valence-corrected chi connectivity index (χ4v) is 1.61. The molecule has 1 aromatic rings. The highest BCUT2D eigenvalue weighted by Crippen LogP contribution is 2.17. The van der Waals surface area contributed by atoms with Crippen LogP contribution in [0.1, 0.15) is 24.0 Å². The summed E-state index contributed by atoms with van der Waals surface area (Å²) in [5.74, 6) is -0.910. The van der Waals surface area contributed by atoms with Crippen molar-refractivity contribution in [1.29, 1.82) is 0 Å². The fraction of sp³-hybridized carbons (Fsp3) is 0.333. The molecule has 0 aromatic carbocycles. The molecule has 0 unspecified atom stereocenters. The molecule has 0 spiro atoms. The van der Waals surface area contributed by atoms with E-state index in [1.165, 1.54) is 11.3 Å². The number of carboxylic acid groups (broad SMARTS) is 1. The lowest BCUT2D eigenvalue weighted by Gasteiger charge is -1.95. The summed E-state index contributed by atoms with van der Waals surface area (Å²) in [6.45, 7) is 3.77. The number of carbonyl (C=O) groups is 1. The third kappa shape index (κ3) is 2.39. The minimum Gasteiger partial charge on any atom is -0.478 e. The Morgan fingerprint density at radius 3 is 2.85 bits per heavy atom. The van der Waals surface area contributed by atoms with E-state index < -0.39 is 5.97 Å². The van der Waals surface area contributed by atoms with Crippen molar-refractivity contribution in [1.82, 2.24) is 4.98 Å². The average Bonchev–Trinajstić information content (AvgIpc) is 2.46. The Balaban J connectivity index is 3.02. The van der Waals surface area contributed by atoms with Gasteiger partial charge in [0.2, 0.25) is 0 Å². The van der Waals surface area contributed by atoms with Crippen LogP contribution in [0.2, 0.25) is 0 Å². The standard InChI is InChI=1S/C9H11NO2S/c1-3-4-7(9(11)12)8-5-13-6(2)10-8/h4-5H,3H2,1-2H3,(H,11,12). The highest BCUT2D eigenvalue weighted by molar-refractivity contribution is 7.09. The zero-order valence-corrected chi connectivity index (χ0v) is 8.39. The monoisotopic (exact) mass is 197 g/mol. The van der Waals surface area contributed by atoms with Crippen LogP contribution in [0, 0.1) is 6.92 Å². The van der Waals surface area contributed by atoms with E-state index in [-0.39, 0.29) is 0 Å². The number of carboxylic acids is 1. The molecule has 1 N–H and O–H groups in total. The number of hydrogen-bond donors (Lipinski definition) is 1. The van der Waals surface area contributed by atoms with Crippen LogP contribution in [-0.4, -0.2) is 16.1 Å². The minimum absolute atomic E-state index is 0.298. The number of thiazole rings is 1. The first-order valence-electron chi connectivity index (χ1n) is 4.01. The summed E-state index contributed by atoms with van der Waals surface area (Å²) < 4.78 is 0. The molecule has 0 atom stereocenters. The predicted molar refractivity (Wildman–Crippen MR) is 52.8 cm³/mol. The van der Waals surface area contributed by atoms with Gasteiger partial charge in [-0.05, 0) is 13.3 Å². The number of aliphatic carboxylic acids is 1. The molecule has 0 aliphatic carbocycles. The van der Waals surface area contributed by atoms with Gasteiger partial charge in [0.25, 0.3) is 0 Å². The van der Waals surface area contributed by atoms with E-state index >= 15 is 0 Å². The van der Waals surface area contributed by atoms with Crippen LogP contribution in [0.3, 0.4) is 0 Å². The quantitative estimate of drug-likeness (QED) is 0.756. The molecule has 3 nitrogen and oxygen atoms in total. The lowest BCUT2D eigenvalue weighted by molar-refractivity contribution is -0.130. The van der Waals surface area contributed by atoms with Gasteiger partial charge in [-0.25, -0.2) is 9.78 Å². The summed E-state index contributed by atoms with van der Waals surface area (Å²) in [6.07, 6.45) is 2.38. The molecule has 4 heteroatoms. The van der Waals surface area contributed by atoms with E-state index in [0.29, 0.717) is 17.7 Å². The first-order valence-corrected chi connectivity index (χ1v) is 4.89. The van der Waals surface area contributed by atoms with E-state index in [2.05, 4.69) is 4.98 Å². The Hall–Kier alpha value is -1.16. The number of allylic oxidation sites excluding steroid dienone is 1. The molecule has 0 saturated carbocycles. The van der Waals surface area contributed by atoms with Crippen molar-refractivity contribution in [2.75, 3.05) is 0 Å². The number of hydrogen-bond acceptors (Lipinski definition) is 3. The molecule has 1 rings (SSSR count). The molecule has 1 heterocycles. The normalized spacial score (nSPS) is 11.7. The Kier molecular flexibility index (Phi) is 3.19. The van der Waals surface area contributed by atoms with Gasteiger partial charge in [0, 0.05) is 5.38 Å². The smallest absolute Gasteiger partial charge is 0.337 e. The molecule has 70 valence electrons. The van der Waals surface area contributed by atoms with E-state index in [1.54, 1.807) is 11.5 Å². The highest BCUT2D eigenvalue weighted by atomic mass is 32.1. The van der Waals surface area contributed by atoms with E-state index in [4.69, 9.17) is 5.11 Å². The second-order valence-corrected chi connectivity index (χ2v) is 3.65. The second-order valence-electron chi connectivity index (χ2n) is 2.58. The Morgan fingerprint density at radius 1 is 1.77 bits per heavy atom. The molecular formula is C9H11NO2S. The van der Waals surface area contributed by atoms with Gasteiger partial charge >= 0.3 is 5.97 Å². The Labute approximate surface area is 80.7 Å². The maximum Gasteiger partial charge on any atom is 0.337 e. The molecule has 13 heavy (non-hydrogen) atoms. The number of nitrogens with zero attached hydrogens (tertiary/aromatic N) is 1. The topological polar surface area (TPSA) is 50.2 Å². The molecular weight excluding hydrogens is 186 g/mol. The van der Waals surface area contributed by atoms with Gasteiger partial charge < -0.3 is 5.11 Å². The Bertz CT molecular complexity index is 341. The van der Waals surface area contributed by atoms with Crippen molar-refractivity contribution >= 4 is 22.9 Å². The summed E-state index contributed by atoms with van der Waals surface area (Å²) in [5, 5.41) is 11.5. The predicted octanol–water partition coefficient (Wildman–Crippen LogP) is 2.33. The van der Waals surface area contributed by atoms with Crippen LogP contribution in [-0.2, 0) is 4.79 Å². The molecule has 0 bridgehead atoms. The van der Waals surface area contributed by atoms with Crippen molar-refractivity contribution in [3.05, 3.63) is 22.2 Å². The van der Waals surface area contributed by atoms with Crippen molar-refractivity contribution in [3.63, 3.8) is 0 Å². The maximum absolute atomic E-state index is 10.8. The zero-order chi connectivity index (χ0) is 9.84. The molecule has 0 saturated heterocycles. The molecule has 0 aliphatic heterocycles. The summed E-state index contributed by atoms with van der Waals surface area (Å²) in [6, 6.07) is 0. The van der Waals surface area contributed by atoms with Crippen LogP contribution < -0.4 is 0 Å². The second kappa shape index (κ2) is 4.18. The van der Waals surface area contributed by atoms with Crippen LogP contribution >= 0.6 is 11.3 Å². The van der Waals surface area contributed by atoms with Gasteiger partial charge in [-0.15, -0.1) is 11.3 Å². The average molecular weight is 197 g/mol. The van der Waals surface area contributed by atoms with Gasteiger partial charge in [-0.1, -0.05) is 13.0 Å². The number of aromatic nitrogens is 1. The largest absolute Gasteiger partial charge is 0.478 e. The van der Waals surface area contributed by atoms with Crippen LogP contribution in [0.15, 0.2) is 11.5 Å². The van der Waals surface area contributed by atoms with Crippen molar-refractivity contribution in [2.45, 2.75) is 20.3 Å². The minimum atomic E-state index is -0.910. The molecule has 0 amide bonds. The van der Waals surface area contributed by atoms with E-state index in [9.17, 15) is 4.79 Å². The molecule has 0 fully saturated rings. The zero-order valence-electron chi connectivity index (χ0n) is 7.57. The first-order chi connectivity index (χ1) is 6.15. The molecule has 0 radical (unpaired) electrons. The van der Waals surface area contributed by atoms with Crippen LogP contribution in [0.25, 0.3) is 5.57 Å². The van der Waals surface area contributed by atoms with Crippen LogP contribution in [0.4, 0.5) is 0 Å². The van der Waals surface area contributed by atoms with Gasteiger partial charge in [0.1, 0.15) is 0 Å². The maximum atomic E-state index is 10.8. The SMILES string of the molecule is CCC=C(C(=O)O)c1csc(C)n1. The lowest BCUT2D eigenvalue weighted by Crippen LogP contribution is -1.99. The van der Waals surface area contributed by atoms with Gasteiger partial charge in [-0.3, -0.25) is 0 Å².